The van der Waals surface area contributed by atoms with Crippen LogP contribution in [0, 0.1) is 11.8 Å². The molecule has 3 aliphatic rings. The average molecular weight is 126 g/mol. The number of hydrogen-bond donors (Lipinski definition) is 1. The smallest absolute Gasteiger partial charge is 0.0897 e. The molecule has 1 aliphatic heterocycles. The number of aliphatic hydroxyl groups is 1. The van der Waals surface area contributed by atoms with Gasteiger partial charge in [0.15, 0.2) is 0 Å². The Labute approximate surface area is 53.8 Å². The quantitative estimate of drug-likeness (QED) is 0.469. The molecule has 0 amide bonds. The summed E-state index contributed by atoms with van der Waals surface area (Å²) in [4.78, 5) is 0. The zero-order valence-corrected chi connectivity index (χ0v) is 5.16. The van der Waals surface area contributed by atoms with Gasteiger partial charge in [-0.05, 0) is 18.8 Å². The van der Waals surface area contributed by atoms with Crippen molar-refractivity contribution in [3.63, 3.8) is 0 Å². The van der Waals surface area contributed by atoms with Crippen LogP contribution in [0.5, 0.6) is 0 Å². The van der Waals surface area contributed by atoms with Gasteiger partial charge in [-0.15, -0.1) is 0 Å². The molecule has 3 fully saturated rings. The van der Waals surface area contributed by atoms with Gasteiger partial charge in [0.1, 0.15) is 0 Å². The Morgan fingerprint density at radius 2 is 2.11 bits per heavy atom. The van der Waals surface area contributed by atoms with E-state index in [9.17, 15) is 5.11 Å². The minimum absolute atomic E-state index is 0.0289. The lowest BCUT2D eigenvalue weighted by Crippen LogP contribution is -2.21. The van der Waals surface area contributed by atoms with Crippen molar-refractivity contribution < 1.29 is 9.84 Å². The van der Waals surface area contributed by atoms with E-state index in [1.165, 1.54) is 6.42 Å². The first-order valence-electron chi connectivity index (χ1n) is 3.70. The molecule has 1 saturated heterocycles. The molecule has 2 bridgehead atoms. The first-order chi connectivity index (χ1) is 4.36. The van der Waals surface area contributed by atoms with E-state index in [0.29, 0.717) is 18.1 Å². The summed E-state index contributed by atoms with van der Waals surface area (Å²) in [5.41, 5.74) is 0. The molecule has 3 rings (SSSR count). The van der Waals surface area contributed by atoms with E-state index in [1.54, 1.807) is 0 Å². The van der Waals surface area contributed by atoms with Crippen molar-refractivity contribution >= 4 is 0 Å². The second-order valence-corrected chi connectivity index (χ2v) is 3.53. The van der Waals surface area contributed by atoms with E-state index in [2.05, 4.69) is 0 Å². The summed E-state index contributed by atoms with van der Waals surface area (Å²) in [5, 5.41) is 9.34. The van der Waals surface area contributed by atoms with Crippen LogP contribution >= 0.6 is 0 Å². The molecule has 0 aromatic heterocycles. The SMILES string of the molecule is OC1CC2C[C@H]1C1OC21. The van der Waals surface area contributed by atoms with Crippen LogP contribution < -0.4 is 0 Å². The third-order valence-electron chi connectivity index (χ3n) is 3.06. The van der Waals surface area contributed by atoms with Gasteiger partial charge in [-0.25, -0.2) is 0 Å². The standard InChI is InChI=1S/C7H10O2/c8-5-2-3-1-4(5)7-6(3)9-7/h3-8H,1-2H2/t3?,4-,5?,6?,7?/m1/s1. The molecule has 2 aliphatic carbocycles. The Morgan fingerprint density at radius 3 is 2.67 bits per heavy atom. The highest BCUT2D eigenvalue weighted by atomic mass is 16.6. The Balaban J connectivity index is 1.96. The molecule has 5 atom stereocenters. The van der Waals surface area contributed by atoms with Gasteiger partial charge in [0, 0.05) is 5.92 Å². The van der Waals surface area contributed by atoms with Gasteiger partial charge in [-0.1, -0.05) is 0 Å². The van der Waals surface area contributed by atoms with Crippen LogP contribution in [0.25, 0.3) is 0 Å². The molecule has 0 aromatic carbocycles. The Hall–Kier alpha value is -0.0800. The van der Waals surface area contributed by atoms with E-state index in [1.807, 2.05) is 0 Å². The van der Waals surface area contributed by atoms with Gasteiger partial charge < -0.3 is 9.84 Å². The highest BCUT2D eigenvalue weighted by Gasteiger charge is 2.62. The molecular weight excluding hydrogens is 116 g/mol. The topological polar surface area (TPSA) is 32.8 Å². The molecule has 4 unspecified atom stereocenters. The lowest BCUT2D eigenvalue weighted by Gasteiger charge is -2.10. The summed E-state index contributed by atoms with van der Waals surface area (Å²) in [6, 6.07) is 0. The molecule has 2 heteroatoms. The Bertz CT molecular complexity index is 153. The first-order valence-corrected chi connectivity index (χ1v) is 3.70. The summed E-state index contributed by atoms with van der Waals surface area (Å²) < 4.78 is 5.35. The van der Waals surface area contributed by atoms with Gasteiger partial charge >= 0.3 is 0 Å². The fourth-order valence-electron chi connectivity index (χ4n) is 2.57. The van der Waals surface area contributed by atoms with Crippen molar-refractivity contribution in [3.05, 3.63) is 0 Å². The van der Waals surface area contributed by atoms with Crippen molar-refractivity contribution in [2.24, 2.45) is 11.8 Å². The Morgan fingerprint density at radius 1 is 1.22 bits per heavy atom. The van der Waals surface area contributed by atoms with Gasteiger partial charge in [0.2, 0.25) is 0 Å². The van der Waals surface area contributed by atoms with E-state index in [4.69, 9.17) is 4.74 Å². The molecule has 0 spiro atoms. The third kappa shape index (κ3) is 0.413. The lowest BCUT2D eigenvalue weighted by molar-refractivity contribution is 0.113. The molecule has 1 N–H and O–H groups in total. The number of aliphatic hydroxyl groups excluding tert-OH is 1. The zero-order valence-electron chi connectivity index (χ0n) is 5.16. The lowest BCUT2D eigenvalue weighted by atomic mass is 9.98. The molecular formula is C7H10O2. The summed E-state index contributed by atoms with van der Waals surface area (Å²) in [7, 11) is 0. The first kappa shape index (κ1) is 4.69. The highest BCUT2D eigenvalue weighted by molar-refractivity contribution is 5.10. The summed E-state index contributed by atoms with van der Waals surface area (Å²) in [5.74, 6) is 1.23. The summed E-state index contributed by atoms with van der Waals surface area (Å²) in [6.07, 6.45) is 3.25. The maximum Gasteiger partial charge on any atom is 0.0897 e. The predicted octanol–water partition coefficient (Wildman–Crippen LogP) is 0.154. The maximum atomic E-state index is 9.34. The van der Waals surface area contributed by atoms with Crippen LogP contribution in [0.15, 0.2) is 0 Å². The average Bonchev–Trinajstić information content (AvgIpc) is 2.46. The maximum absolute atomic E-state index is 9.34. The zero-order chi connectivity index (χ0) is 6.01. The Kier molecular flexibility index (Phi) is 0.616. The van der Waals surface area contributed by atoms with Crippen molar-refractivity contribution in [1.82, 2.24) is 0 Å². The van der Waals surface area contributed by atoms with Gasteiger partial charge in [0.25, 0.3) is 0 Å². The van der Waals surface area contributed by atoms with Gasteiger partial charge in [-0.2, -0.15) is 0 Å². The van der Waals surface area contributed by atoms with Gasteiger partial charge in [-0.3, -0.25) is 0 Å². The molecule has 2 saturated carbocycles. The molecule has 0 radical (unpaired) electrons. The minimum atomic E-state index is -0.0289. The summed E-state index contributed by atoms with van der Waals surface area (Å²) in [6.45, 7) is 0. The van der Waals surface area contributed by atoms with Crippen LogP contribution in [-0.2, 0) is 4.74 Å². The van der Waals surface area contributed by atoms with E-state index in [-0.39, 0.29) is 6.10 Å². The van der Waals surface area contributed by atoms with Crippen molar-refractivity contribution in [1.29, 1.82) is 0 Å². The monoisotopic (exact) mass is 126 g/mol. The van der Waals surface area contributed by atoms with Crippen LogP contribution in [0.1, 0.15) is 12.8 Å². The third-order valence-corrected chi connectivity index (χ3v) is 3.06. The van der Waals surface area contributed by atoms with Crippen molar-refractivity contribution in [3.8, 4) is 0 Å². The predicted molar refractivity (Wildman–Crippen MR) is 30.9 cm³/mol. The van der Waals surface area contributed by atoms with Gasteiger partial charge in [0.05, 0.1) is 18.3 Å². The van der Waals surface area contributed by atoms with E-state index >= 15 is 0 Å². The normalized spacial score (nSPS) is 68.3. The number of epoxide rings is 1. The van der Waals surface area contributed by atoms with Crippen LogP contribution in [0.3, 0.4) is 0 Å². The number of ether oxygens (including phenoxy) is 1. The number of rotatable bonds is 0. The summed E-state index contributed by atoms with van der Waals surface area (Å²) >= 11 is 0. The highest BCUT2D eigenvalue weighted by Crippen LogP contribution is 2.56. The second-order valence-electron chi connectivity index (χ2n) is 3.53. The molecule has 50 valence electrons. The number of fused-ring (bicyclic) bond motifs is 5. The number of hydrogen-bond acceptors (Lipinski definition) is 2. The molecule has 1 heterocycles. The molecule has 9 heavy (non-hydrogen) atoms. The van der Waals surface area contributed by atoms with Crippen LogP contribution in [0.2, 0.25) is 0 Å². The van der Waals surface area contributed by atoms with Crippen LogP contribution in [0.4, 0.5) is 0 Å². The van der Waals surface area contributed by atoms with Crippen molar-refractivity contribution in [2.75, 3.05) is 0 Å². The van der Waals surface area contributed by atoms with E-state index in [0.717, 1.165) is 12.3 Å². The molecule has 2 nitrogen and oxygen atoms in total. The fourth-order valence-corrected chi connectivity index (χ4v) is 2.57. The van der Waals surface area contributed by atoms with E-state index < -0.39 is 0 Å². The van der Waals surface area contributed by atoms with Crippen LogP contribution in [-0.4, -0.2) is 23.4 Å². The molecule has 0 aromatic rings. The second kappa shape index (κ2) is 1.18. The minimum Gasteiger partial charge on any atom is -0.393 e. The fraction of sp³-hybridized carbons (Fsp3) is 1.00. The largest absolute Gasteiger partial charge is 0.393 e. The van der Waals surface area contributed by atoms with Crippen molar-refractivity contribution in [2.45, 2.75) is 31.2 Å².